The lowest BCUT2D eigenvalue weighted by Gasteiger charge is -2.53. The van der Waals surface area contributed by atoms with E-state index in [0.29, 0.717) is 12.1 Å². The van der Waals surface area contributed by atoms with Crippen LogP contribution in [-0.4, -0.2) is 34.7 Å². The minimum Gasteiger partial charge on any atom is -0.377 e. The quantitative estimate of drug-likeness (QED) is 0.748. The fourth-order valence-corrected chi connectivity index (χ4v) is 3.78. The SMILES string of the molecule is CCO[C@@H]1CCCC[C@@H]1N(C(C)(C)C)C(C)(C)C. The van der Waals surface area contributed by atoms with Crippen molar-refractivity contribution >= 4 is 0 Å². The van der Waals surface area contributed by atoms with Crippen LogP contribution in [0.5, 0.6) is 0 Å². The van der Waals surface area contributed by atoms with Gasteiger partial charge in [-0.2, -0.15) is 0 Å². The molecule has 108 valence electrons. The molecule has 0 bridgehead atoms. The zero-order valence-corrected chi connectivity index (χ0v) is 13.5. The fourth-order valence-electron chi connectivity index (χ4n) is 3.78. The van der Waals surface area contributed by atoms with Gasteiger partial charge in [0.15, 0.2) is 0 Å². The molecule has 0 radical (unpaired) electrons. The van der Waals surface area contributed by atoms with Crippen LogP contribution < -0.4 is 0 Å². The number of hydrogen-bond donors (Lipinski definition) is 0. The lowest BCUT2D eigenvalue weighted by molar-refractivity contribution is -0.0950. The first-order valence-corrected chi connectivity index (χ1v) is 7.59. The maximum Gasteiger partial charge on any atom is 0.0730 e. The summed E-state index contributed by atoms with van der Waals surface area (Å²) in [5.41, 5.74) is 0.380. The number of ether oxygens (including phenoxy) is 1. The molecule has 0 aliphatic heterocycles. The minimum absolute atomic E-state index is 0.190. The smallest absolute Gasteiger partial charge is 0.0730 e. The van der Waals surface area contributed by atoms with E-state index in [1.165, 1.54) is 25.7 Å². The Kier molecular flexibility index (Phi) is 5.25. The van der Waals surface area contributed by atoms with Crippen molar-refractivity contribution in [1.29, 1.82) is 0 Å². The van der Waals surface area contributed by atoms with Crippen LogP contribution in [0.15, 0.2) is 0 Å². The second-order valence-electron chi connectivity index (χ2n) is 7.56. The molecular formula is C16H33NO. The highest BCUT2D eigenvalue weighted by Crippen LogP contribution is 2.35. The Morgan fingerprint density at radius 1 is 0.944 bits per heavy atom. The molecule has 1 rings (SSSR count). The molecule has 0 aromatic carbocycles. The molecule has 2 atom stereocenters. The van der Waals surface area contributed by atoms with Crippen molar-refractivity contribution in [3.8, 4) is 0 Å². The van der Waals surface area contributed by atoms with Gasteiger partial charge in [0.1, 0.15) is 0 Å². The molecule has 0 spiro atoms. The Morgan fingerprint density at radius 3 is 1.89 bits per heavy atom. The van der Waals surface area contributed by atoms with Crippen LogP contribution in [0.1, 0.15) is 74.1 Å². The van der Waals surface area contributed by atoms with Crippen molar-refractivity contribution in [3.63, 3.8) is 0 Å². The van der Waals surface area contributed by atoms with Crippen molar-refractivity contribution in [2.45, 2.75) is 97.4 Å². The molecule has 1 aliphatic carbocycles. The van der Waals surface area contributed by atoms with Gasteiger partial charge in [-0.25, -0.2) is 0 Å². The fraction of sp³-hybridized carbons (Fsp3) is 1.00. The average Bonchev–Trinajstić information content (AvgIpc) is 2.17. The molecule has 2 nitrogen and oxygen atoms in total. The van der Waals surface area contributed by atoms with E-state index in [2.05, 4.69) is 53.4 Å². The lowest BCUT2D eigenvalue weighted by Crippen LogP contribution is -2.61. The predicted molar refractivity (Wildman–Crippen MR) is 79.0 cm³/mol. The van der Waals surface area contributed by atoms with E-state index >= 15 is 0 Å². The Bertz CT molecular complexity index is 233. The topological polar surface area (TPSA) is 12.5 Å². The third kappa shape index (κ3) is 3.96. The summed E-state index contributed by atoms with van der Waals surface area (Å²) in [6, 6.07) is 0.568. The average molecular weight is 255 g/mol. The van der Waals surface area contributed by atoms with E-state index in [0.717, 1.165) is 6.61 Å². The summed E-state index contributed by atoms with van der Waals surface area (Å²) in [5.74, 6) is 0. The Labute approximate surface area is 114 Å². The van der Waals surface area contributed by atoms with E-state index in [-0.39, 0.29) is 11.1 Å². The van der Waals surface area contributed by atoms with Crippen molar-refractivity contribution in [1.82, 2.24) is 4.90 Å². The maximum atomic E-state index is 6.03. The van der Waals surface area contributed by atoms with Crippen LogP contribution >= 0.6 is 0 Å². The molecule has 0 saturated heterocycles. The molecule has 0 aromatic rings. The third-order valence-corrected chi connectivity index (χ3v) is 3.83. The van der Waals surface area contributed by atoms with Gasteiger partial charge in [-0.15, -0.1) is 0 Å². The van der Waals surface area contributed by atoms with Gasteiger partial charge in [0, 0.05) is 23.7 Å². The van der Waals surface area contributed by atoms with E-state index in [1.807, 2.05) is 0 Å². The Morgan fingerprint density at radius 2 is 1.44 bits per heavy atom. The van der Waals surface area contributed by atoms with Crippen molar-refractivity contribution in [2.24, 2.45) is 0 Å². The highest BCUT2D eigenvalue weighted by molar-refractivity contribution is 4.96. The number of rotatable bonds is 3. The first-order chi connectivity index (χ1) is 8.18. The molecular weight excluding hydrogens is 222 g/mol. The van der Waals surface area contributed by atoms with Gasteiger partial charge in [0.25, 0.3) is 0 Å². The van der Waals surface area contributed by atoms with Gasteiger partial charge >= 0.3 is 0 Å². The second kappa shape index (κ2) is 5.92. The third-order valence-electron chi connectivity index (χ3n) is 3.83. The molecule has 0 aromatic heterocycles. The van der Waals surface area contributed by atoms with Crippen LogP contribution in [0.4, 0.5) is 0 Å². The van der Waals surface area contributed by atoms with Gasteiger partial charge < -0.3 is 4.74 Å². The van der Waals surface area contributed by atoms with E-state index in [9.17, 15) is 0 Å². The van der Waals surface area contributed by atoms with Crippen molar-refractivity contribution in [2.75, 3.05) is 6.61 Å². The van der Waals surface area contributed by atoms with Crippen LogP contribution in [-0.2, 0) is 4.74 Å². The summed E-state index contributed by atoms with van der Waals surface area (Å²) in [7, 11) is 0. The standard InChI is InChI=1S/C16H33NO/c1-8-18-14-12-10-9-11-13(14)17(15(2,3)4)16(5,6)7/h13-14H,8-12H2,1-7H3/t13-,14+/m0/s1. The normalized spacial score (nSPS) is 26.7. The molecule has 1 aliphatic rings. The van der Waals surface area contributed by atoms with Gasteiger partial charge in [-0.1, -0.05) is 12.8 Å². The maximum absolute atomic E-state index is 6.03. The zero-order valence-electron chi connectivity index (χ0n) is 13.5. The van der Waals surface area contributed by atoms with Gasteiger partial charge in [-0.3, -0.25) is 4.90 Å². The lowest BCUT2D eigenvalue weighted by atomic mass is 9.84. The first-order valence-electron chi connectivity index (χ1n) is 7.59. The minimum atomic E-state index is 0.190. The monoisotopic (exact) mass is 255 g/mol. The highest BCUT2D eigenvalue weighted by Gasteiger charge is 2.41. The predicted octanol–water partition coefficient (Wildman–Crippen LogP) is 4.23. The summed E-state index contributed by atoms with van der Waals surface area (Å²) < 4.78 is 6.03. The molecule has 1 saturated carbocycles. The Hall–Kier alpha value is -0.0800. The number of nitrogens with zero attached hydrogens (tertiary/aromatic N) is 1. The van der Waals surface area contributed by atoms with Crippen LogP contribution in [0.25, 0.3) is 0 Å². The summed E-state index contributed by atoms with van der Waals surface area (Å²) in [5, 5.41) is 0. The summed E-state index contributed by atoms with van der Waals surface area (Å²) in [6.45, 7) is 16.9. The largest absolute Gasteiger partial charge is 0.377 e. The van der Waals surface area contributed by atoms with Crippen molar-refractivity contribution < 1.29 is 4.74 Å². The molecule has 0 unspecified atom stereocenters. The van der Waals surface area contributed by atoms with Gasteiger partial charge in [0.05, 0.1) is 6.10 Å². The molecule has 0 amide bonds. The van der Waals surface area contributed by atoms with Gasteiger partial charge in [-0.05, 0) is 61.3 Å². The van der Waals surface area contributed by atoms with Gasteiger partial charge in [0.2, 0.25) is 0 Å². The highest BCUT2D eigenvalue weighted by atomic mass is 16.5. The second-order valence-corrected chi connectivity index (χ2v) is 7.56. The van der Waals surface area contributed by atoms with E-state index in [4.69, 9.17) is 4.74 Å². The zero-order chi connectivity index (χ0) is 14.0. The number of hydrogen-bond acceptors (Lipinski definition) is 2. The first kappa shape index (κ1) is 16.0. The van der Waals surface area contributed by atoms with Crippen molar-refractivity contribution in [3.05, 3.63) is 0 Å². The molecule has 2 heteroatoms. The van der Waals surface area contributed by atoms with E-state index in [1.54, 1.807) is 0 Å². The van der Waals surface area contributed by atoms with E-state index < -0.39 is 0 Å². The Balaban J connectivity index is 2.95. The van der Waals surface area contributed by atoms with Crippen LogP contribution in [0.2, 0.25) is 0 Å². The molecule has 18 heavy (non-hydrogen) atoms. The summed E-state index contributed by atoms with van der Waals surface area (Å²) in [4.78, 5) is 2.68. The van der Waals surface area contributed by atoms with Crippen LogP contribution in [0, 0.1) is 0 Å². The molecule has 0 heterocycles. The van der Waals surface area contributed by atoms with Crippen LogP contribution in [0.3, 0.4) is 0 Å². The molecule has 0 N–H and O–H groups in total. The summed E-state index contributed by atoms with van der Waals surface area (Å²) in [6.07, 6.45) is 5.59. The molecule has 1 fully saturated rings. The summed E-state index contributed by atoms with van der Waals surface area (Å²) >= 11 is 0.